The third kappa shape index (κ3) is 2.91. The molecule has 0 saturated heterocycles. The van der Waals surface area contributed by atoms with Crippen LogP contribution in [0.15, 0.2) is 41.1 Å². The van der Waals surface area contributed by atoms with Gasteiger partial charge in [0.15, 0.2) is 0 Å². The number of aromatic nitrogens is 3. The van der Waals surface area contributed by atoms with Gasteiger partial charge in [-0.15, -0.1) is 0 Å². The second-order valence-electron chi connectivity index (χ2n) is 5.08. The molecule has 0 fully saturated rings. The Morgan fingerprint density at radius 1 is 1.10 bits per heavy atom. The molecule has 5 heteroatoms. The normalized spacial score (nSPS) is 10.8. The van der Waals surface area contributed by atoms with Crippen LogP contribution in [0.4, 0.5) is 5.82 Å². The fourth-order valence-electron chi connectivity index (χ4n) is 2.07. The summed E-state index contributed by atoms with van der Waals surface area (Å²) in [5, 5.41) is 3.99. The number of hydrogen-bond donors (Lipinski definition) is 1. The first-order valence-electron chi connectivity index (χ1n) is 6.72. The van der Waals surface area contributed by atoms with E-state index >= 15 is 0 Å². The number of benzene rings is 1. The van der Waals surface area contributed by atoms with Crippen LogP contribution in [0.5, 0.6) is 0 Å². The Kier molecular flexibility index (Phi) is 3.39. The first kappa shape index (κ1) is 13.3. The molecule has 3 aromatic rings. The summed E-state index contributed by atoms with van der Waals surface area (Å²) in [5.41, 5.74) is 10.0. The predicted molar refractivity (Wildman–Crippen MR) is 80.7 cm³/mol. The fourth-order valence-corrected chi connectivity index (χ4v) is 2.07. The van der Waals surface area contributed by atoms with Crippen LogP contribution in [0.2, 0.25) is 0 Å². The molecule has 0 spiro atoms. The summed E-state index contributed by atoms with van der Waals surface area (Å²) in [6.07, 6.45) is 2.26. The van der Waals surface area contributed by atoms with Gasteiger partial charge in [0.25, 0.3) is 0 Å². The molecule has 0 aliphatic carbocycles. The minimum absolute atomic E-state index is 0.470. The van der Waals surface area contributed by atoms with Crippen molar-refractivity contribution < 1.29 is 4.52 Å². The van der Waals surface area contributed by atoms with Gasteiger partial charge < -0.3 is 10.3 Å². The molecule has 2 N–H and O–H groups in total. The molecule has 0 bridgehead atoms. The van der Waals surface area contributed by atoms with Gasteiger partial charge in [-0.2, -0.15) is 4.98 Å². The van der Waals surface area contributed by atoms with E-state index < -0.39 is 0 Å². The minimum Gasteiger partial charge on any atom is -0.384 e. The molecule has 0 aliphatic heterocycles. The molecule has 2 heterocycles. The lowest BCUT2D eigenvalue weighted by Gasteiger charge is -2.02. The molecule has 3 rings (SSSR count). The van der Waals surface area contributed by atoms with E-state index in [1.807, 2.05) is 6.07 Å². The average molecular weight is 280 g/mol. The Labute approximate surface area is 122 Å². The van der Waals surface area contributed by atoms with Gasteiger partial charge in [0.2, 0.25) is 11.7 Å². The highest BCUT2D eigenvalue weighted by Gasteiger charge is 2.10. The van der Waals surface area contributed by atoms with E-state index in [9.17, 15) is 0 Å². The molecule has 0 atom stereocenters. The second kappa shape index (κ2) is 5.36. The molecule has 0 aliphatic rings. The zero-order valence-corrected chi connectivity index (χ0v) is 12.0. The van der Waals surface area contributed by atoms with Crippen LogP contribution in [0.1, 0.15) is 22.6 Å². The summed E-state index contributed by atoms with van der Waals surface area (Å²) in [5.74, 6) is 1.59. The van der Waals surface area contributed by atoms with Crippen molar-refractivity contribution in [3.63, 3.8) is 0 Å². The zero-order chi connectivity index (χ0) is 14.8. The van der Waals surface area contributed by atoms with Crippen molar-refractivity contribution in [3.05, 3.63) is 59.1 Å². The standard InChI is InChI=1S/C16H16N4O/c1-10-3-4-12(7-11(10)2)8-15-19-16(20-21-15)13-5-6-14(17)18-9-13/h3-7,9H,8H2,1-2H3,(H2,17,18). The van der Waals surface area contributed by atoms with Gasteiger partial charge >= 0.3 is 0 Å². The Morgan fingerprint density at radius 2 is 1.95 bits per heavy atom. The van der Waals surface area contributed by atoms with Crippen molar-refractivity contribution in [2.24, 2.45) is 0 Å². The molecular formula is C16H16N4O. The van der Waals surface area contributed by atoms with Crippen molar-refractivity contribution in [1.29, 1.82) is 0 Å². The number of anilines is 1. The summed E-state index contributed by atoms with van der Waals surface area (Å²) in [4.78, 5) is 8.43. The highest BCUT2D eigenvalue weighted by atomic mass is 16.5. The Morgan fingerprint density at radius 3 is 2.67 bits per heavy atom. The summed E-state index contributed by atoms with van der Waals surface area (Å²) < 4.78 is 5.30. The highest BCUT2D eigenvalue weighted by molar-refractivity contribution is 5.54. The van der Waals surface area contributed by atoms with Crippen LogP contribution >= 0.6 is 0 Å². The number of nitrogen functional groups attached to an aromatic ring is 1. The molecule has 1 aromatic carbocycles. The van der Waals surface area contributed by atoms with Gasteiger partial charge in [-0.25, -0.2) is 4.98 Å². The lowest BCUT2D eigenvalue weighted by atomic mass is 10.0. The number of nitrogens with zero attached hydrogens (tertiary/aromatic N) is 3. The van der Waals surface area contributed by atoms with Gasteiger partial charge in [-0.1, -0.05) is 23.4 Å². The van der Waals surface area contributed by atoms with Crippen LogP contribution in [0.3, 0.4) is 0 Å². The SMILES string of the molecule is Cc1ccc(Cc2nc(-c3ccc(N)nc3)no2)cc1C. The quantitative estimate of drug-likeness (QED) is 0.798. The third-order valence-electron chi connectivity index (χ3n) is 3.44. The molecule has 5 nitrogen and oxygen atoms in total. The predicted octanol–water partition coefficient (Wildman–Crippen LogP) is 2.92. The Hall–Kier alpha value is -2.69. The van der Waals surface area contributed by atoms with E-state index in [0.717, 1.165) is 11.1 Å². The maximum atomic E-state index is 5.56. The number of pyridine rings is 1. The van der Waals surface area contributed by atoms with Crippen molar-refractivity contribution in [2.75, 3.05) is 5.73 Å². The van der Waals surface area contributed by atoms with E-state index in [0.29, 0.717) is 24.0 Å². The van der Waals surface area contributed by atoms with Gasteiger partial charge in [-0.05, 0) is 42.7 Å². The topological polar surface area (TPSA) is 77.8 Å². The van der Waals surface area contributed by atoms with E-state index in [1.165, 1.54) is 11.1 Å². The smallest absolute Gasteiger partial charge is 0.231 e. The minimum atomic E-state index is 0.470. The zero-order valence-electron chi connectivity index (χ0n) is 12.0. The monoisotopic (exact) mass is 280 g/mol. The summed E-state index contributed by atoms with van der Waals surface area (Å²) in [6.45, 7) is 4.19. The third-order valence-corrected chi connectivity index (χ3v) is 3.44. The lowest BCUT2D eigenvalue weighted by Crippen LogP contribution is -1.92. The van der Waals surface area contributed by atoms with Gasteiger partial charge in [-0.3, -0.25) is 0 Å². The molecule has 0 amide bonds. The molecule has 106 valence electrons. The van der Waals surface area contributed by atoms with Crippen LogP contribution in [-0.2, 0) is 6.42 Å². The van der Waals surface area contributed by atoms with Crippen molar-refractivity contribution >= 4 is 5.82 Å². The molecular weight excluding hydrogens is 264 g/mol. The Bertz CT molecular complexity index is 762. The summed E-state index contributed by atoms with van der Waals surface area (Å²) >= 11 is 0. The number of aryl methyl sites for hydroxylation is 2. The molecule has 0 saturated carbocycles. The summed E-state index contributed by atoms with van der Waals surface area (Å²) in [7, 11) is 0. The highest BCUT2D eigenvalue weighted by Crippen LogP contribution is 2.18. The average Bonchev–Trinajstić information content (AvgIpc) is 2.92. The van der Waals surface area contributed by atoms with E-state index in [4.69, 9.17) is 10.3 Å². The Balaban J connectivity index is 1.81. The van der Waals surface area contributed by atoms with Crippen LogP contribution < -0.4 is 5.73 Å². The van der Waals surface area contributed by atoms with E-state index in [1.54, 1.807) is 12.3 Å². The maximum absolute atomic E-state index is 5.56. The molecule has 0 unspecified atom stereocenters. The van der Waals surface area contributed by atoms with Crippen LogP contribution in [0.25, 0.3) is 11.4 Å². The molecule has 21 heavy (non-hydrogen) atoms. The fraction of sp³-hybridized carbons (Fsp3) is 0.188. The van der Waals surface area contributed by atoms with E-state index in [2.05, 4.69) is 47.2 Å². The molecule has 2 aromatic heterocycles. The maximum Gasteiger partial charge on any atom is 0.231 e. The molecule has 0 radical (unpaired) electrons. The van der Waals surface area contributed by atoms with Crippen molar-refractivity contribution in [3.8, 4) is 11.4 Å². The number of nitrogens with two attached hydrogens (primary N) is 1. The number of hydrogen-bond acceptors (Lipinski definition) is 5. The van der Waals surface area contributed by atoms with E-state index in [-0.39, 0.29) is 0 Å². The van der Waals surface area contributed by atoms with Crippen LogP contribution in [0, 0.1) is 13.8 Å². The van der Waals surface area contributed by atoms with Gasteiger partial charge in [0.05, 0.1) is 6.42 Å². The van der Waals surface area contributed by atoms with Crippen molar-refractivity contribution in [1.82, 2.24) is 15.1 Å². The van der Waals surface area contributed by atoms with Crippen LogP contribution in [-0.4, -0.2) is 15.1 Å². The lowest BCUT2D eigenvalue weighted by molar-refractivity contribution is 0.385. The first-order valence-corrected chi connectivity index (χ1v) is 6.72. The summed E-state index contributed by atoms with van der Waals surface area (Å²) in [6, 6.07) is 9.87. The second-order valence-corrected chi connectivity index (χ2v) is 5.08. The van der Waals surface area contributed by atoms with Crippen molar-refractivity contribution in [2.45, 2.75) is 20.3 Å². The number of rotatable bonds is 3. The van der Waals surface area contributed by atoms with Gasteiger partial charge in [0.1, 0.15) is 5.82 Å². The largest absolute Gasteiger partial charge is 0.384 e. The van der Waals surface area contributed by atoms with Gasteiger partial charge in [0, 0.05) is 11.8 Å². The first-order chi connectivity index (χ1) is 10.1.